The molecule has 19 heavy (non-hydrogen) atoms. The normalized spacial score (nSPS) is 21.2. The van der Waals surface area contributed by atoms with Gasteiger partial charge < -0.3 is 0 Å². The Kier molecular flexibility index (Phi) is 3.65. The van der Waals surface area contributed by atoms with Crippen molar-refractivity contribution in [2.45, 2.75) is 13.3 Å². The Balaban J connectivity index is 2.06. The van der Waals surface area contributed by atoms with Crippen LogP contribution in [0.3, 0.4) is 0 Å². The van der Waals surface area contributed by atoms with Crippen molar-refractivity contribution in [3.05, 3.63) is 51.4 Å². The maximum Gasteiger partial charge on any atom is 0.222 e. The monoisotopic (exact) mass is 252 g/mol. The third kappa shape index (κ3) is 3.01. The summed E-state index contributed by atoms with van der Waals surface area (Å²) in [7, 11) is 0. The van der Waals surface area contributed by atoms with Gasteiger partial charge in [-0.3, -0.25) is 4.79 Å². The lowest BCUT2D eigenvalue weighted by Gasteiger charge is -1.99. The van der Waals surface area contributed by atoms with Crippen LogP contribution in [0.25, 0.3) is 16.5 Å². The molecule has 0 N–H and O–H groups in total. The zero-order valence-electron chi connectivity index (χ0n) is 10.4. The van der Waals surface area contributed by atoms with E-state index in [1.807, 2.05) is 25.1 Å². The molecule has 5 nitrogen and oxygen atoms in total. The highest BCUT2D eigenvalue weighted by Gasteiger charge is 2.43. The van der Waals surface area contributed by atoms with Crippen LogP contribution in [0.4, 0.5) is 0 Å². The van der Waals surface area contributed by atoms with Crippen molar-refractivity contribution in [2.75, 3.05) is 0 Å². The summed E-state index contributed by atoms with van der Waals surface area (Å²) in [5.41, 5.74) is 10.9. The van der Waals surface area contributed by atoms with Gasteiger partial charge in [0.05, 0.1) is 11.6 Å². The first-order valence-electron chi connectivity index (χ1n) is 5.93. The molecular weight excluding hydrogens is 240 g/mol. The molecule has 1 aromatic rings. The number of rotatable bonds is 3. The molecular formula is C14H12N4O. The Morgan fingerprint density at radius 2 is 2.16 bits per heavy atom. The first-order chi connectivity index (χ1) is 9.15. The quantitative estimate of drug-likeness (QED) is 0.468. The average molecular weight is 252 g/mol. The van der Waals surface area contributed by atoms with Crippen molar-refractivity contribution in [1.82, 2.24) is 0 Å². The molecule has 1 fully saturated rings. The van der Waals surface area contributed by atoms with Crippen molar-refractivity contribution >= 4 is 12.0 Å². The Bertz CT molecular complexity index is 618. The Labute approximate surface area is 110 Å². The summed E-state index contributed by atoms with van der Waals surface area (Å²) < 4.78 is 0. The molecule has 0 aliphatic heterocycles. The number of nitriles is 1. The number of allylic oxidation sites excluding steroid dienone is 1. The van der Waals surface area contributed by atoms with Gasteiger partial charge in [0.15, 0.2) is 0 Å². The van der Waals surface area contributed by atoms with Gasteiger partial charge in [-0.2, -0.15) is 5.26 Å². The standard InChI is InChI=1S/C14H12N4O/c1-9(12-7-13(12)14(19)17-18-16)6-10-2-4-11(8-15)5-3-10/h2-6,12-13H,7H2,1H3/b9-6+. The topological polar surface area (TPSA) is 89.6 Å². The minimum absolute atomic E-state index is 0.162. The van der Waals surface area contributed by atoms with Crippen LogP contribution >= 0.6 is 0 Å². The van der Waals surface area contributed by atoms with Crippen LogP contribution in [-0.2, 0) is 4.79 Å². The molecule has 5 heteroatoms. The van der Waals surface area contributed by atoms with E-state index >= 15 is 0 Å². The molecule has 1 amide bonds. The predicted molar refractivity (Wildman–Crippen MR) is 70.6 cm³/mol. The van der Waals surface area contributed by atoms with E-state index in [4.69, 9.17) is 10.8 Å². The fraction of sp³-hybridized carbons (Fsp3) is 0.286. The van der Waals surface area contributed by atoms with Gasteiger partial charge in [-0.15, -0.1) is 0 Å². The van der Waals surface area contributed by atoms with Gasteiger partial charge in [0.25, 0.3) is 0 Å². The zero-order valence-corrected chi connectivity index (χ0v) is 10.4. The minimum Gasteiger partial charge on any atom is -0.292 e. The first-order valence-corrected chi connectivity index (χ1v) is 5.93. The molecule has 1 aliphatic rings. The van der Waals surface area contributed by atoms with Crippen LogP contribution < -0.4 is 0 Å². The summed E-state index contributed by atoms with van der Waals surface area (Å²) >= 11 is 0. The van der Waals surface area contributed by atoms with Crippen LogP contribution in [0.2, 0.25) is 0 Å². The van der Waals surface area contributed by atoms with Gasteiger partial charge in [0.2, 0.25) is 5.91 Å². The van der Waals surface area contributed by atoms with E-state index in [0.717, 1.165) is 17.6 Å². The lowest BCUT2D eigenvalue weighted by Crippen LogP contribution is -1.97. The SMILES string of the molecule is C/C(=C\c1ccc(C#N)cc1)C1CC1C(=O)N=[N+]=[N-]. The first kappa shape index (κ1) is 12.9. The zero-order chi connectivity index (χ0) is 13.8. The fourth-order valence-electron chi connectivity index (χ4n) is 2.11. The minimum atomic E-state index is -0.375. The van der Waals surface area contributed by atoms with Crippen LogP contribution in [0, 0.1) is 23.2 Å². The molecule has 0 spiro atoms. The highest BCUT2D eigenvalue weighted by atomic mass is 16.2. The number of carbonyl (C=O) groups excluding carboxylic acids is 1. The van der Waals surface area contributed by atoms with Crippen molar-refractivity contribution in [2.24, 2.45) is 17.0 Å². The molecule has 2 atom stereocenters. The smallest absolute Gasteiger partial charge is 0.222 e. The van der Waals surface area contributed by atoms with Gasteiger partial charge >= 0.3 is 0 Å². The summed E-state index contributed by atoms with van der Waals surface area (Å²) in [6, 6.07) is 9.32. The summed E-state index contributed by atoms with van der Waals surface area (Å²) in [6.07, 6.45) is 2.74. The number of carbonyl (C=O) groups is 1. The lowest BCUT2D eigenvalue weighted by atomic mass is 10.1. The van der Waals surface area contributed by atoms with E-state index in [0.29, 0.717) is 5.56 Å². The Morgan fingerprint density at radius 3 is 2.74 bits per heavy atom. The van der Waals surface area contributed by atoms with E-state index in [1.165, 1.54) is 0 Å². The molecule has 0 aromatic heterocycles. The number of amides is 1. The van der Waals surface area contributed by atoms with Crippen molar-refractivity contribution in [1.29, 1.82) is 5.26 Å². The maximum atomic E-state index is 11.4. The average Bonchev–Trinajstić information content (AvgIpc) is 3.20. The highest BCUT2D eigenvalue weighted by molar-refractivity contribution is 5.83. The molecule has 0 heterocycles. The van der Waals surface area contributed by atoms with Crippen LogP contribution in [0.1, 0.15) is 24.5 Å². The third-order valence-corrected chi connectivity index (χ3v) is 3.27. The van der Waals surface area contributed by atoms with E-state index in [2.05, 4.69) is 16.1 Å². The van der Waals surface area contributed by atoms with Crippen LogP contribution in [0.15, 0.2) is 35.0 Å². The molecule has 1 aliphatic carbocycles. The molecule has 2 unspecified atom stereocenters. The van der Waals surface area contributed by atoms with Crippen LogP contribution in [-0.4, -0.2) is 5.91 Å². The summed E-state index contributed by atoms with van der Waals surface area (Å²) in [5.74, 6) is -0.362. The molecule has 2 rings (SSSR count). The van der Waals surface area contributed by atoms with E-state index < -0.39 is 0 Å². The van der Waals surface area contributed by atoms with Crippen molar-refractivity contribution in [3.8, 4) is 6.07 Å². The molecule has 0 saturated heterocycles. The number of benzene rings is 1. The van der Waals surface area contributed by atoms with Crippen molar-refractivity contribution < 1.29 is 4.79 Å². The Morgan fingerprint density at radius 1 is 1.47 bits per heavy atom. The van der Waals surface area contributed by atoms with E-state index in [-0.39, 0.29) is 17.7 Å². The van der Waals surface area contributed by atoms with E-state index in [1.54, 1.807) is 12.1 Å². The van der Waals surface area contributed by atoms with Crippen LogP contribution in [0.5, 0.6) is 0 Å². The largest absolute Gasteiger partial charge is 0.292 e. The highest BCUT2D eigenvalue weighted by Crippen LogP contribution is 2.45. The van der Waals surface area contributed by atoms with Gasteiger partial charge in [0, 0.05) is 10.8 Å². The second-order valence-corrected chi connectivity index (χ2v) is 4.60. The molecule has 0 radical (unpaired) electrons. The van der Waals surface area contributed by atoms with Crippen molar-refractivity contribution in [3.63, 3.8) is 0 Å². The Hall–Kier alpha value is -2.57. The lowest BCUT2D eigenvalue weighted by molar-refractivity contribution is -0.119. The fourth-order valence-corrected chi connectivity index (χ4v) is 2.11. The van der Waals surface area contributed by atoms with E-state index in [9.17, 15) is 4.79 Å². The second-order valence-electron chi connectivity index (χ2n) is 4.60. The molecule has 0 bridgehead atoms. The summed E-state index contributed by atoms with van der Waals surface area (Å²) in [5, 5.41) is 11.8. The number of azide groups is 1. The maximum absolute atomic E-state index is 11.4. The third-order valence-electron chi connectivity index (χ3n) is 3.27. The summed E-state index contributed by atoms with van der Waals surface area (Å²) in [6.45, 7) is 1.96. The van der Waals surface area contributed by atoms with Gasteiger partial charge in [-0.05, 0) is 47.6 Å². The number of hydrogen-bond donors (Lipinski definition) is 0. The number of hydrogen-bond acceptors (Lipinski definition) is 2. The molecule has 1 saturated carbocycles. The molecule has 94 valence electrons. The van der Waals surface area contributed by atoms with Gasteiger partial charge in [0.1, 0.15) is 0 Å². The van der Waals surface area contributed by atoms with Gasteiger partial charge in [-0.25, -0.2) is 0 Å². The molecule has 1 aromatic carbocycles. The second kappa shape index (κ2) is 5.38. The van der Waals surface area contributed by atoms with Gasteiger partial charge in [-0.1, -0.05) is 23.8 Å². The summed E-state index contributed by atoms with van der Waals surface area (Å²) in [4.78, 5) is 13.9. The predicted octanol–water partition coefficient (Wildman–Crippen LogP) is 3.43. The number of nitrogens with zero attached hydrogens (tertiary/aromatic N) is 4.